The summed E-state index contributed by atoms with van der Waals surface area (Å²) in [5, 5.41) is 0.644. The Hall–Kier alpha value is -1.58. The molecule has 0 bridgehead atoms. The maximum atomic E-state index is 12.8. The number of anilines is 1. The molecule has 0 aliphatic heterocycles. The molecule has 100 valence electrons. The number of nitrogens with two attached hydrogens (primary N) is 1. The number of rotatable bonds is 4. The zero-order valence-corrected chi connectivity index (χ0v) is 11.5. The molecule has 0 saturated heterocycles. The average molecular weight is 279 g/mol. The first-order chi connectivity index (χ1) is 9.02. The SMILES string of the molecule is CN(Cc1ccc(F)cc1)Cc1cc(N)cc(Cl)c1. The molecule has 0 heterocycles. The molecule has 0 aromatic heterocycles. The topological polar surface area (TPSA) is 29.3 Å². The molecule has 0 atom stereocenters. The summed E-state index contributed by atoms with van der Waals surface area (Å²) in [6.07, 6.45) is 0. The number of hydrogen-bond donors (Lipinski definition) is 1. The maximum Gasteiger partial charge on any atom is 0.123 e. The molecule has 2 rings (SSSR count). The fourth-order valence-corrected chi connectivity index (χ4v) is 2.30. The van der Waals surface area contributed by atoms with Gasteiger partial charge in [-0.15, -0.1) is 0 Å². The van der Waals surface area contributed by atoms with E-state index in [1.165, 1.54) is 12.1 Å². The predicted octanol–water partition coefficient (Wildman–Crippen LogP) is 3.69. The van der Waals surface area contributed by atoms with Gasteiger partial charge in [-0.3, -0.25) is 4.90 Å². The Labute approximate surface area is 117 Å². The van der Waals surface area contributed by atoms with Gasteiger partial charge in [0.2, 0.25) is 0 Å². The van der Waals surface area contributed by atoms with Crippen molar-refractivity contribution in [3.8, 4) is 0 Å². The molecule has 0 unspecified atom stereocenters. The molecule has 2 nitrogen and oxygen atoms in total. The van der Waals surface area contributed by atoms with Crippen LogP contribution in [0.25, 0.3) is 0 Å². The van der Waals surface area contributed by atoms with Crippen molar-refractivity contribution in [3.63, 3.8) is 0 Å². The first-order valence-electron chi connectivity index (χ1n) is 6.01. The van der Waals surface area contributed by atoms with Crippen molar-refractivity contribution in [1.82, 2.24) is 4.90 Å². The fourth-order valence-electron chi connectivity index (χ4n) is 2.04. The van der Waals surface area contributed by atoms with Gasteiger partial charge >= 0.3 is 0 Å². The van der Waals surface area contributed by atoms with Crippen molar-refractivity contribution < 1.29 is 4.39 Å². The summed E-state index contributed by atoms with van der Waals surface area (Å²) in [5.41, 5.74) is 8.56. The molecular formula is C15H16ClFN2. The largest absolute Gasteiger partial charge is 0.399 e. The van der Waals surface area contributed by atoms with Crippen molar-refractivity contribution in [1.29, 1.82) is 0 Å². The molecular weight excluding hydrogens is 263 g/mol. The van der Waals surface area contributed by atoms with Crippen LogP contribution >= 0.6 is 11.6 Å². The maximum absolute atomic E-state index is 12.8. The Morgan fingerprint density at radius 1 is 1.05 bits per heavy atom. The normalized spacial score (nSPS) is 10.9. The molecule has 2 aromatic rings. The second-order valence-electron chi connectivity index (χ2n) is 4.69. The molecule has 0 fully saturated rings. The third-order valence-electron chi connectivity index (χ3n) is 2.80. The van der Waals surface area contributed by atoms with Gasteiger partial charge in [0, 0.05) is 23.8 Å². The van der Waals surface area contributed by atoms with Gasteiger partial charge in [-0.1, -0.05) is 23.7 Å². The first-order valence-corrected chi connectivity index (χ1v) is 6.38. The van der Waals surface area contributed by atoms with Crippen molar-refractivity contribution in [3.05, 3.63) is 64.4 Å². The van der Waals surface area contributed by atoms with Gasteiger partial charge in [0.15, 0.2) is 0 Å². The van der Waals surface area contributed by atoms with E-state index in [0.29, 0.717) is 10.7 Å². The van der Waals surface area contributed by atoms with Crippen molar-refractivity contribution in [2.45, 2.75) is 13.1 Å². The van der Waals surface area contributed by atoms with E-state index in [0.717, 1.165) is 24.2 Å². The Kier molecular flexibility index (Phi) is 4.40. The highest BCUT2D eigenvalue weighted by atomic mass is 35.5. The highest BCUT2D eigenvalue weighted by Crippen LogP contribution is 2.18. The van der Waals surface area contributed by atoms with Crippen molar-refractivity contribution in [2.75, 3.05) is 12.8 Å². The summed E-state index contributed by atoms with van der Waals surface area (Å²) in [6.45, 7) is 1.48. The molecule has 0 aliphatic rings. The summed E-state index contributed by atoms with van der Waals surface area (Å²) >= 11 is 5.97. The van der Waals surface area contributed by atoms with Crippen LogP contribution in [-0.4, -0.2) is 11.9 Å². The third-order valence-corrected chi connectivity index (χ3v) is 3.02. The second kappa shape index (κ2) is 6.04. The van der Waals surface area contributed by atoms with E-state index in [1.54, 1.807) is 18.2 Å². The molecule has 19 heavy (non-hydrogen) atoms. The Bertz CT molecular complexity index is 534. The molecule has 2 N–H and O–H groups in total. The number of nitrogen functional groups attached to an aromatic ring is 1. The molecule has 0 saturated carbocycles. The van der Waals surface area contributed by atoms with Crippen LogP contribution in [0, 0.1) is 5.82 Å². The van der Waals surface area contributed by atoms with E-state index in [4.69, 9.17) is 17.3 Å². The van der Waals surface area contributed by atoms with E-state index < -0.39 is 0 Å². The molecule has 0 aliphatic carbocycles. The zero-order valence-electron chi connectivity index (χ0n) is 10.7. The highest BCUT2D eigenvalue weighted by Gasteiger charge is 2.04. The van der Waals surface area contributed by atoms with Crippen LogP contribution in [0.4, 0.5) is 10.1 Å². The number of benzene rings is 2. The molecule has 0 radical (unpaired) electrons. The lowest BCUT2D eigenvalue weighted by Crippen LogP contribution is -2.17. The van der Waals surface area contributed by atoms with Gasteiger partial charge < -0.3 is 5.73 Å². The number of halogens is 2. The van der Waals surface area contributed by atoms with Gasteiger partial charge in [-0.2, -0.15) is 0 Å². The summed E-state index contributed by atoms with van der Waals surface area (Å²) in [4.78, 5) is 2.12. The molecule has 2 aromatic carbocycles. The van der Waals surface area contributed by atoms with Gasteiger partial charge in [0.25, 0.3) is 0 Å². The van der Waals surface area contributed by atoms with E-state index in [-0.39, 0.29) is 5.82 Å². The highest BCUT2D eigenvalue weighted by molar-refractivity contribution is 6.30. The Morgan fingerprint density at radius 2 is 1.68 bits per heavy atom. The zero-order chi connectivity index (χ0) is 13.8. The summed E-state index contributed by atoms with van der Waals surface area (Å²) in [5.74, 6) is -0.214. The van der Waals surface area contributed by atoms with Crippen LogP contribution in [0.1, 0.15) is 11.1 Å². The lowest BCUT2D eigenvalue weighted by Gasteiger charge is -2.17. The van der Waals surface area contributed by atoms with Gasteiger partial charge in [0.1, 0.15) is 5.82 Å². The minimum atomic E-state index is -0.214. The second-order valence-corrected chi connectivity index (χ2v) is 5.13. The van der Waals surface area contributed by atoms with E-state index in [2.05, 4.69) is 4.90 Å². The quantitative estimate of drug-likeness (QED) is 0.864. The predicted molar refractivity (Wildman–Crippen MR) is 77.4 cm³/mol. The van der Waals surface area contributed by atoms with Crippen LogP contribution < -0.4 is 5.73 Å². The van der Waals surface area contributed by atoms with E-state index in [1.807, 2.05) is 19.2 Å². The van der Waals surface area contributed by atoms with Crippen LogP contribution in [0.5, 0.6) is 0 Å². The van der Waals surface area contributed by atoms with Crippen LogP contribution in [0.15, 0.2) is 42.5 Å². The molecule has 0 amide bonds. The lowest BCUT2D eigenvalue weighted by molar-refractivity contribution is 0.319. The summed E-state index contributed by atoms with van der Waals surface area (Å²) in [6, 6.07) is 12.1. The van der Waals surface area contributed by atoms with E-state index >= 15 is 0 Å². The smallest absolute Gasteiger partial charge is 0.123 e. The average Bonchev–Trinajstić information content (AvgIpc) is 2.30. The number of hydrogen-bond acceptors (Lipinski definition) is 2. The van der Waals surface area contributed by atoms with Crippen LogP contribution in [0.3, 0.4) is 0 Å². The van der Waals surface area contributed by atoms with Crippen molar-refractivity contribution in [2.24, 2.45) is 0 Å². The van der Waals surface area contributed by atoms with Gasteiger partial charge in [0.05, 0.1) is 0 Å². The molecule has 4 heteroatoms. The lowest BCUT2D eigenvalue weighted by atomic mass is 10.1. The fraction of sp³-hybridized carbons (Fsp3) is 0.200. The minimum Gasteiger partial charge on any atom is -0.399 e. The summed E-state index contributed by atoms with van der Waals surface area (Å²) < 4.78 is 12.8. The monoisotopic (exact) mass is 278 g/mol. The Balaban J connectivity index is 2.00. The molecule has 0 spiro atoms. The minimum absolute atomic E-state index is 0.214. The van der Waals surface area contributed by atoms with Crippen molar-refractivity contribution >= 4 is 17.3 Å². The number of nitrogens with zero attached hydrogens (tertiary/aromatic N) is 1. The Morgan fingerprint density at radius 3 is 2.32 bits per heavy atom. The van der Waals surface area contributed by atoms with Gasteiger partial charge in [-0.25, -0.2) is 4.39 Å². The van der Waals surface area contributed by atoms with Crippen LogP contribution in [-0.2, 0) is 13.1 Å². The summed E-state index contributed by atoms with van der Waals surface area (Å²) in [7, 11) is 2.00. The first kappa shape index (κ1) is 13.8. The third kappa shape index (κ3) is 4.23. The van der Waals surface area contributed by atoms with Gasteiger partial charge in [-0.05, 0) is 48.5 Å². The van der Waals surface area contributed by atoms with Crippen LogP contribution in [0.2, 0.25) is 5.02 Å². The van der Waals surface area contributed by atoms with E-state index in [9.17, 15) is 4.39 Å². The standard InChI is InChI=1S/C15H16ClFN2/c1-19(9-11-2-4-14(17)5-3-11)10-12-6-13(16)8-15(18)7-12/h2-8H,9-10,18H2,1H3.